The predicted octanol–water partition coefficient (Wildman–Crippen LogP) is 2.08. The molecule has 0 aromatic carbocycles. The van der Waals surface area contributed by atoms with Crippen LogP contribution >= 0.6 is 7.60 Å². The van der Waals surface area contributed by atoms with Crippen LogP contribution in [0.2, 0.25) is 0 Å². The van der Waals surface area contributed by atoms with Gasteiger partial charge in [0.05, 0.1) is 13.2 Å². The molecule has 0 aromatic rings. The van der Waals surface area contributed by atoms with Crippen molar-refractivity contribution in [3.63, 3.8) is 0 Å². The van der Waals surface area contributed by atoms with E-state index in [1.165, 1.54) is 13.8 Å². The molecule has 7 heteroatoms. The zero-order valence-electron chi connectivity index (χ0n) is 11.3. The largest absolute Gasteiger partial charge is 0.459 e. The van der Waals surface area contributed by atoms with Gasteiger partial charge in [0.25, 0.3) is 0 Å². The van der Waals surface area contributed by atoms with Crippen molar-refractivity contribution < 1.29 is 28.3 Å². The number of ether oxygens (including phenoxy) is 1. The van der Waals surface area contributed by atoms with E-state index in [0.29, 0.717) is 0 Å². The number of hydrogen-bond acceptors (Lipinski definition) is 6. The molecule has 0 spiro atoms. The first-order valence-electron chi connectivity index (χ1n) is 5.64. The van der Waals surface area contributed by atoms with Crippen molar-refractivity contribution in [3.8, 4) is 0 Å². The average molecular weight is 280 g/mol. The van der Waals surface area contributed by atoms with Crippen molar-refractivity contribution in [2.24, 2.45) is 0 Å². The quantitative estimate of drug-likeness (QED) is 0.416. The lowest BCUT2D eigenvalue weighted by atomic mass is 10.3. The Morgan fingerprint density at radius 2 is 1.78 bits per heavy atom. The fraction of sp³-hybridized carbons (Fsp3) is 0.727. The van der Waals surface area contributed by atoms with Gasteiger partial charge < -0.3 is 18.9 Å². The first kappa shape index (κ1) is 17.3. The monoisotopic (exact) mass is 280 g/mol. The Hall–Kier alpha value is -0.680. The molecule has 0 bridgehead atoms. The molecule has 0 aromatic heterocycles. The molecule has 1 atom stereocenters. The van der Waals surface area contributed by atoms with E-state index < -0.39 is 25.5 Å². The summed E-state index contributed by atoms with van der Waals surface area (Å²) in [5.41, 5.74) is 0.188. The van der Waals surface area contributed by atoms with E-state index in [1.54, 1.807) is 13.8 Å². The number of rotatable bonds is 8. The van der Waals surface area contributed by atoms with Gasteiger partial charge in [-0.25, -0.2) is 4.79 Å². The van der Waals surface area contributed by atoms with Crippen LogP contribution in [0, 0.1) is 0 Å². The van der Waals surface area contributed by atoms with Gasteiger partial charge in [-0.2, -0.15) is 0 Å². The van der Waals surface area contributed by atoms with E-state index in [2.05, 4.69) is 6.58 Å². The Labute approximate surface area is 107 Å². The van der Waals surface area contributed by atoms with Gasteiger partial charge in [-0.1, -0.05) is 6.58 Å². The van der Waals surface area contributed by atoms with E-state index in [1.807, 2.05) is 0 Å². The highest BCUT2D eigenvalue weighted by Gasteiger charge is 2.47. The molecule has 0 saturated heterocycles. The molecule has 0 saturated carbocycles. The third-order valence-corrected chi connectivity index (χ3v) is 4.52. The predicted molar refractivity (Wildman–Crippen MR) is 67.3 cm³/mol. The summed E-state index contributed by atoms with van der Waals surface area (Å²) in [7, 11) is -3.76. The van der Waals surface area contributed by atoms with Gasteiger partial charge in [0.1, 0.15) is 6.61 Å². The molecule has 0 aliphatic carbocycles. The minimum atomic E-state index is -3.76. The Morgan fingerprint density at radius 3 is 2.11 bits per heavy atom. The first-order chi connectivity index (χ1) is 8.20. The maximum atomic E-state index is 12.3. The van der Waals surface area contributed by atoms with Crippen molar-refractivity contribution >= 4 is 13.6 Å². The normalized spacial score (nSPS) is 14.9. The molecular formula is C11H21O6P. The van der Waals surface area contributed by atoms with Crippen molar-refractivity contribution in [1.29, 1.82) is 0 Å². The Morgan fingerprint density at radius 1 is 1.33 bits per heavy atom. The third kappa shape index (κ3) is 4.53. The first-order valence-corrected chi connectivity index (χ1v) is 7.18. The van der Waals surface area contributed by atoms with Gasteiger partial charge in [0.15, 0.2) is 5.34 Å². The maximum Gasteiger partial charge on any atom is 0.365 e. The number of hydrogen-bond donors (Lipinski definition) is 1. The highest BCUT2D eigenvalue weighted by atomic mass is 31.2. The van der Waals surface area contributed by atoms with Crippen molar-refractivity contribution in [2.75, 3.05) is 19.8 Å². The third-order valence-electron chi connectivity index (χ3n) is 2.01. The molecule has 0 rings (SSSR count). The van der Waals surface area contributed by atoms with Crippen LogP contribution in [0.5, 0.6) is 0 Å². The summed E-state index contributed by atoms with van der Waals surface area (Å²) in [6.07, 6.45) is 0. The van der Waals surface area contributed by atoms with Crippen LogP contribution < -0.4 is 0 Å². The van der Waals surface area contributed by atoms with Crippen LogP contribution in [0.4, 0.5) is 0 Å². The van der Waals surface area contributed by atoms with Crippen LogP contribution in [-0.2, 0) is 23.1 Å². The molecule has 0 fully saturated rings. The molecule has 6 nitrogen and oxygen atoms in total. The van der Waals surface area contributed by atoms with Crippen molar-refractivity contribution in [1.82, 2.24) is 0 Å². The van der Waals surface area contributed by atoms with Crippen LogP contribution in [0.3, 0.4) is 0 Å². The lowest BCUT2D eigenvalue weighted by Gasteiger charge is -2.30. The molecular weight excluding hydrogens is 259 g/mol. The minimum Gasteiger partial charge on any atom is -0.459 e. The zero-order chi connectivity index (χ0) is 14.4. The molecule has 106 valence electrons. The van der Waals surface area contributed by atoms with Crippen LogP contribution in [0.1, 0.15) is 27.7 Å². The smallest absolute Gasteiger partial charge is 0.365 e. The zero-order valence-corrected chi connectivity index (χ0v) is 12.2. The summed E-state index contributed by atoms with van der Waals surface area (Å²) in [6, 6.07) is 0. The Bertz CT molecular complexity index is 339. The van der Waals surface area contributed by atoms with Crippen molar-refractivity contribution in [2.45, 2.75) is 33.0 Å². The fourth-order valence-corrected chi connectivity index (χ4v) is 2.59. The van der Waals surface area contributed by atoms with E-state index in [-0.39, 0.29) is 18.8 Å². The molecule has 0 amide bonds. The van der Waals surface area contributed by atoms with E-state index in [0.717, 1.165) is 0 Å². The Kier molecular flexibility index (Phi) is 6.78. The lowest BCUT2D eigenvalue weighted by Crippen LogP contribution is -2.34. The van der Waals surface area contributed by atoms with Crippen LogP contribution in [-0.4, -0.2) is 36.2 Å². The summed E-state index contributed by atoms with van der Waals surface area (Å²) in [4.78, 5) is 11.2. The number of aliphatic hydroxyl groups is 1. The van der Waals surface area contributed by atoms with Gasteiger partial charge in [0, 0.05) is 5.57 Å². The maximum absolute atomic E-state index is 12.3. The van der Waals surface area contributed by atoms with Gasteiger partial charge in [-0.15, -0.1) is 0 Å². The molecule has 18 heavy (non-hydrogen) atoms. The SMILES string of the molecule is C=C(C)C(=O)OCC(C)(O)P(=O)(OCC)OCC. The lowest BCUT2D eigenvalue weighted by molar-refractivity contribution is -0.143. The molecule has 1 unspecified atom stereocenters. The van der Waals surface area contributed by atoms with Crippen LogP contribution in [0.15, 0.2) is 12.2 Å². The van der Waals surface area contributed by atoms with Crippen molar-refractivity contribution in [3.05, 3.63) is 12.2 Å². The molecule has 0 heterocycles. The second-order valence-electron chi connectivity index (χ2n) is 3.91. The van der Waals surface area contributed by atoms with E-state index in [4.69, 9.17) is 13.8 Å². The Balaban J connectivity index is 4.80. The molecule has 0 radical (unpaired) electrons. The van der Waals surface area contributed by atoms with Gasteiger partial charge in [-0.3, -0.25) is 4.57 Å². The summed E-state index contributed by atoms with van der Waals surface area (Å²) in [6.45, 7) is 9.11. The second-order valence-corrected chi connectivity index (χ2v) is 6.38. The summed E-state index contributed by atoms with van der Waals surface area (Å²) in [5.74, 6) is -0.671. The standard InChI is InChI=1S/C11H21O6P/c1-6-16-18(14,17-7-2)11(5,13)8-15-10(12)9(3)4/h13H,3,6-8H2,1-2,4-5H3. The summed E-state index contributed by atoms with van der Waals surface area (Å²) < 4.78 is 27.1. The second kappa shape index (κ2) is 7.04. The van der Waals surface area contributed by atoms with E-state index >= 15 is 0 Å². The summed E-state index contributed by atoms with van der Waals surface area (Å²) in [5, 5.41) is 8.21. The molecule has 0 aliphatic rings. The highest BCUT2D eigenvalue weighted by Crippen LogP contribution is 2.58. The molecule has 0 aliphatic heterocycles. The highest BCUT2D eigenvalue weighted by molar-refractivity contribution is 7.55. The van der Waals surface area contributed by atoms with Gasteiger partial charge in [-0.05, 0) is 27.7 Å². The number of esters is 1. The molecule has 1 N–H and O–H groups in total. The van der Waals surface area contributed by atoms with E-state index in [9.17, 15) is 14.5 Å². The number of carbonyl (C=O) groups excluding carboxylic acids is 1. The summed E-state index contributed by atoms with van der Waals surface area (Å²) >= 11 is 0. The van der Waals surface area contributed by atoms with Crippen LogP contribution in [0.25, 0.3) is 0 Å². The van der Waals surface area contributed by atoms with Gasteiger partial charge >= 0.3 is 13.6 Å². The van der Waals surface area contributed by atoms with Gasteiger partial charge in [0.2, 0.25) is 0 Å². The minimum absolute atomic E-state index is 0.113. The topological polar surface area (TPSA) is 82.1 Å². The number of carbonyl (C=O) groups is 1. The fourth-order valence-electron chi connectivity index (χ4n) is 1.06. The average Bonchev–Trinajstić information content (AvgIpc) is 2.26.